The molecule has 0 atom stereocenters. The summed E-state index contributed by atoms with van der Waals surface area (Å²) < 4.78 is 0. The number of amides is 1. The van der Waals surface area contributed by atoms with E-state index in [1.807, 2.05) is 37.3 Å². The normalized spacial score (nSPS) is 9.68. The Morgan fingerprint density at radius 1 is 1.16 bits per heavy atom. The molecule has 0 unspecified atom stereocenters. The maximum absolute atomic E-state index is 11.9. The summed E-state index contributed by atoms with van der Waals surface area (Å²) in [6, 6.07) is 16.7. The van der Waals surface area contributed by atoms with Crippen LogP contribution < -0.4 is 5.32 Å². The van der Waals surface area contributed by atoms with E-state index in [2.05, 4.69) is 5.32 Å². The van der Waals surface area contributed by atoms with Crippen LogP contribution in [-0.2, 0) is 11.2 Å². The zero-order chi connectivity index (χ0) is 13.7. The van der Waals surface area contributed by atoms with Crippen LogP contribution in [0.1, 0.15) is 16.7 Å². The van der Waals surface area contributed by atoms with E-state index in [1.54, 1.807) is 24.3 Å². The number of aryl methyl sites for hydroxylation is 1. The lowest BCUT2D eigenvalue weighted by Gasteiger charge is -2.07. The topological polar surface area (TPSA) is 52.9 Å². The predicted molar refractivity (Wildman–Crippen MR) is 74.7 cm³/mol. The van der Waals surface area contributed by atoms with Gasteiger partial charge in [-0.25, -0.2) is 0 Å². The van der Waals surface area contributed by atoms with Gasteiger partial charge in [-0.2, -0.15) is 5.26 Å². The maximum atomic E-state index is 11.9. The first kappa shape index (κ1) is 12.8. The highest BCUT2D eigenvalue weighted by atomic mass is 16.1. The van der Waals surface area contributed by atoms with E-state index in [0.29, 0.717) is 17.7 Å². The molecule has 0 aliphatic carbocycles. The van der Waals surface area contributed by atoms with Crippen molar-refractivity contribution in [1.82, 2.24) is 0 Å². The number of anilines is 1. The first-order chi connectivity index (χ1) is 9.19. The Bertz CT molecular complexity index is 624. The minimum Gasteiger partial charge on any atom is -0.326 e. The molecule has 0 saturated carbocycles. The van der Waals surface area contributed by atoms with Crippen LogP contribution in [0.4, 0.5) is 5.69 Å². The maximum Gasteiger partial charge on any atom is 0.228 e. The van der Waals surface area contributed by atoms with E-state index in [4.69, 9.17) is 5.26 Å². The monoisotopic (exact) mass is 250 g/mol. The average Bonchev–Trinajstić information content (AvgIpc) is 2.42. The standard InChI is InChI=1S/C16H14N2O/c1-12-4-2-3-5-14(12)10-16(19)18-15-8-6-13(11-17)7-9-15/h2-9H,10H2,1H3,(H,18,19). The van der Waals surface area contributed by atoms with Gasteiger partial charge in [-0.1, -0.05) is 24.3 Å². The zero-order valence-corrected chi connectivity index (χ0v) is 10.7. The van der Waals surface area contributed by atoms with Crippen LogP contribution in [0.25, 0.3) is 0 Å². The second kappa shape index (κ2) is 5.83. The molecular formula is C16H14N2O. The molecule has 1 N–H and O–H groups in total. The van der Waals surface area contributed by atoms with Gasteiger partial charge in [-0.15, -0.1) is 0 Å². The summed E-state index contributed by atoms with van der Waals surface area (Å²) in [5.41, 5.74) is 3.42. The third kappa shape index (κ3) is 3.43. The van der Waals surface area contributed by atoms with E-state index in [1.165, 1.54) is 0 Å². The van der Waals surface area contributed by atoms with Gasteiger partial charge >= 0.3 is 0 Å². The molecule has 2 aromatic carbocycles. The van der Waals surface area contributed by atoms with E-state index in [0.717, 1.165) is 11.1 Å². The largest absolute Gasteiger partial charge is 0.326 e. The van der Waals surface area contributed by atoms with Crippen molar-refractivity contribution in [2.45, 2.75) is 13.3 Å². The van der Waals surface area contributed by atoms with Crippen LogP contribution in [0.2, 0.25) is 0 Å². The highest BCUT2D eigenvalue weighted by molar-refractivity contribution is 5.92. The quantitative estimate of drug-likeness (QED) is 0.910. The summed E-state index contributed by atoms with van der Waals surface area (Å²) >= 11 is 0. The van der Waals surface area contributed by atoms with Crippen molar-refractivity contribution in [1.29, 1.82) is 5.26 Å². The molecule has 3 nitrogen and oxygen atoms in total. The summed E-state index contributed by atoms with van der Waals surface area (Å²) in [7, 11) is 0. The number of hydrogen-bond donors (Lipinski definition) is 1. The second-order valence-electron chi connectivity index (χ2n) is 4.34. The molecule has 94 valence electrons. The van der Waals surface area contributed by atoms with Crippen molar-refractivity contribution in [3.05, 3.63) is 65.2 Å². The van der Waals surface area contributed by atoms with Crippen molar-refractivity contribution in [3.63, 3.8) is 0 Å². The van der Waals surface area contributed by atoms with E-state index >= 15 is 0 Å². The number of benzene rings is 2. The smallest absolute Gasteiger partial charge is 0.228 e. The Morgan fingerprint density at radius 3 is 2.47 bits per heavy atom. The van der Waals surface area contributed by atoms with Gasteiger partial charge in [0.05, 0.1) is 18.1 Å². The Balaban J connectivity index is 2.01. The van der Waals surface area contributed by atoms with Crippen molar-refractivity contribution in [2.24, 2.45) is 0 Å². The molecule has 3 heteroatoms. The van der Waals surface area contributed by atoms with Crippen LogP contribution in [0, 0.1) is 18.3 Å². The third-order valence-corrected chi connectivity index (χ3v) is 2.91. The highest BCUT2D eigenvalue weighted by Crippen LogP contribution is 2.11. The number of nitrogens with one attached hydrogen (secondary N) is 1. The lowest BCUT2D eigenvalue weighted by atomic mass is 10.1. The number of carbonyl (C=O) groups excluding carboxylic acids is 1. The zero-order valence-electron chi connectivity index (χ0n) is 10.7. The number of nitriles is 1. The first-order valence-corrected chi connectivity index (χ1v) is 6.03. The Kier molecular flexibility index (Phi) is 3.94. The minimum absolute atomic E-state index is 0.0565. The highest BCUT2D eigenvalue weighted by Gasteiger charge is 2.05. The van der Waals surface area contributed by atoms with Crippen LogP contribution >= 0.6 is 0 Å². The van der Waals surface area contributed by atoms with Gasteiger partial charge in [0.2, 0.25) is 5.91 Å². The molecule has 0 fully saturated rings. The first-order valence-electron chi connectivity index (χ1n) is 6.03. The van der Waals surface area contributed by atoms with Gasteiger partial charge in [0, 0.05) is 5.69 Å². The van der Waals surface area contributed by atoms with Crippen molar-refractivity contribution >= 4 is 11.6 Å². The van der Waals surface area contributed by atoms with Gasteiger partial charge < -0.3 is 5.32 Å². The van der Waals surface area contributed by atoms with Gasteiger partial charge in [0.1, 0.15) is 0 Å². The fraction of sp³-hybridized carbons (Fsp3) is 0.125. The lowest BCUT2D eigenvalue weighted by Crippen LogP contribution is -2.14. The Morgan fingerprint density at radius 2 is 1.84 bits per heavy atom. The summed E-state index contributed by atoms with van der Waals surface area (Å²) in [6.45, 7) is 1.99. The van der Waals surface area contributed by atoms with E-state index in [-0.39, 0.29) is 5.91 Å². The molecule has 0 heterocycles. The van der Waals surface area contributed by atoms with Crippen LogP contribution in [-0.4, -0.2) is 5.91 Å². The van der Waals surface area contributed by atoms with Crippen molar-refractivity contribution in [2.75, 3.05) is 5.32 Å². The molecule has 0 spiro atoms. The molecule has 0 aromatic heterocycles. The molecule has 0 radical (unpaired) electrons. The summed E-state index contributed by atoms with van der Waals surface area (Å²) in [6.07, 6.45) is 0.354. The molecule has 19 heavy (non-hydrogen) atoms. The molecule has 0 aliphatic heterocycles. The van der Waals surface area contributed by atoms with Gasteiger partial charge in [0.15, 0.2) is 0 Å². The van der Waals surface area contributed by atoms with Gasteiger partial charge in [0.25, 0.3) is 0 Å². The predicted octanol–water partition coefficient (Wildman–Crippen LogP) is 3.05. The molecule has 0 aliphatic rings. The number of rotatable bonds is 3. The Labute approximate surface area is 112 Å². The van der Waals surface area contributed by atoms with Gasteiger partial charge in [-0.05, 0) is 42.3 Å². The molecule has 0 bridgehead atoms. The second-order valence-corrected chi connectivity index (χ2v) is 4.34. The summed E-state index contributed by atoms with van der Waals surface area (Å²) in [5.74, 6) is -0.0565. The van der Waals surface area contributed by atoms with Crippen LogP contribution in [0.15, 0.2) is 48.5 Å². The number of hydrogen-bond acceptors (Lipinski definition) is 2. The molecule has 1 amide bonds. The van der Waals surface area contributed by atoms with E-state index in [9.17, 15) is 4.79 Å². The van der Waals surface area contributed by atoms with Crippen LogP contribution in [0.5, 0.6) is 0 Å². The number of nitrogens with zero attached hydrogens (tertiary/aromatic N) is 1. The SMILES string of the molecule is Cc1ccccc1CC(=O)Nc1ccc(C#N)cc1. The average molecular weight is 250 g/mol. The van der Waals surface area contributed by atoms with Crippen molar-refractivity contribution in [3.8, 4) is 6.07 Å². The molecule has 2 aromatic rings. The minimum atomic E-state index is -0.0565. The molecule has 0 saturated heterocycles. The molecular weight excluding hydrogens is 236 g/mol. The Hall–Kier alpha value is -2.60. The third-order valence-electron chi connectivity index (χ3n) is 2.91. The summed E-state index contributed by atoms with van der Waals surface area (Å²) in [5, 5.41) is 11.5. The van der Waals surface area contributed by atoms with E-state index < -0.39 is 0 Å². The van der Waals surface area contributed by atoms with Crippen LogP contribution in [0.3, 0.4) is 0 Å². The number of carbonyl (C=O) groups is 1. The summed E-state index contributed by atoms with van der Waals surface area (Å²) in [4.78, 5) is 11.9. The van der Waals surface area contributed by atoms with Gasteiger partial charge in [-0.3, -0.25) is 4.79 Å². The molecule has 2 rings (SSSR count). The fourth-order valence-corrected chi connectivity index (χ4v) is 1.81. The lowest BCUT2D eigenvalue weighted by molar-refractivity contribution is -0.115. The fourth-order valence-electron chi connectivity index (χ4n) is 1.81. The van der Waals surface area contributed by atoms with Crippen molar-refractivity contribution < 1.29 is 4.79 Å².